The van der Waals surface area contributed by atoms with Crippen molar-refractivity contribution in [1.29, 1.82) is 0 Å². The second-order valence-corrected chi connectivity index (χ2v) is 7.58. The number of nitrogens with zero attached hydrogens (tertiary/aromatic N) is 1. The molecule has 0 amide bonds. The van der Waals surface area contributed by atoms with Gasteiger partial charge in [-0.15, -0.1) is 0 Å². The van der Waals surface area contributed by atoms with Crippen LogP contribution in [0.3, 0.4) is 0 Å². The van der Waals surface area contributed by atoms with Gasteiger partial charge in [0.25, 0.3) is 0 Å². The Labute approximate surface area is 128 Å². The molecule has 0 bridgehead atoms. The van der Waals surface area contributed by atoms with Crippen LogP contribution in [-0.2, 0) is 10.0 Å². The van der Waals surface area contributed by atoms with Crippen LogP contribution >= 0.6 is 0 Å². The van der Waals surface area contributed by atoms with Crippen molar-refractivity contribution in [2.45, 2.75) is 43.7 Å². The molecule has 1 aromatic carbocycles. The predicted molar refractivity (Wildman–Crippen MR) is 84.6 cm³/mol. The molecule has 0 aliphatic rings. The molecule has 6 heteroatoms. The zero-order valence-corrected chi connectivity index (χ0v) is 14.0. The molecule has 0 fully saturated rings. The number of aliphatic hydroxyl groups excluding tert-OH is 1. The predicted octanol–water partition coefficient (Wildman–Crippen LogP) is 1.75. The van der Waals surface area contributed by atoms with E-state index in [0.29, 0.717) is 6.54 Å². The third-order valence-corrected chi connectivity index (χ3v) is 5.27. The molecule has 120 valence electrons. The largest absolute Gasteiger partial charge is 0.392 e. The molecule has 0 saturated carbocycles. The second-order valence-electron chi connectivity index (χ2n) is 5.43. The summed E-state index contributed by atoms with van der Waals surface area (Å²) in [6.07, 6.45) is 1.39. The molecule has 2 N–H and O–H groups in total. The van der Waals surface area contributed by atoms with E-state index in [1.165, 1.54) is 18.4 Å². The van der Waals surface area contributed by atoms with E-state index in [1.54, 1.807) is 24.3 Å². The molecule has 0 saturated heterocycles. The summed E-state index contributed by atoms with van der Waals surface area (Å²) in [4.78, 5) is 0.287. The first-order valence-electron chi connectivity index (χ1n) is 7.23. The fourth-order valence-corrected chi connectivity index (χ4v) is 2.91. The quantitative estimate of drug-likeness (QED) is 0.767. The first-order chi connectivity index (χ1) is 9.78. The molecule has 0 aliphatic heterocycles. The first-order valence-corrected chi connectivity index (χ1v) is 8.67. The fraction of sp³-hybridized carbons (Fsp3) is 0.600. The van der Waals surface area contributed by atoms with E-state index in [-0.39, 0.29) is 17.0 Å². The van der Waals surface area contributed by atoms with Gasteiger partial charge < -0.3 is 10.4 Å². The third kappa shape index (κ3) is 5.07. The number of sulfonamides is 1. The molecule has 21 heavy (non-hydrogen) atoms. The number of rotatable bonds is 8. The van der Waals surface area contributed by atoms with Crippen molar-refractivity contribution < 1.29 is 13.5 Å². The van der Waals surface area contributed by atoms with Crippen LogP contribution in [0.5, 0.6) is 0 Å². The summed E-state index contributed by atoms with van der Waals surface area (Å²) in [6.45, 7) is 4.57. The van der Waals surface area contributed by atoms with Gasteiger partial charge in [-0.2, -0.15) is 0 Å². The van der Waals surface area contributed by atoms with Crippen molar-refractivity contribution >= 4 is 10.0 Å². The Kier molecular flexibility index (Phi) is 6.80. The minimum atomic E-state index is -3.38. The van der Waals surface area contributed by atoms with Crippen LogP contribution in [0.2, 0.25) is 0 Å². The smallest absolute Gasteiger partial charge is 0.242 e. The van der Waals surface area contributed by atoms with Gasteiger partial charge in [-0.05, 0) is 31.0 Å². The zero-order valence-electron chi connectivity index (χ0n) is 13.2. The van der Waals surface area contributed by atoms with Crippen molar-refractivity contribution in [1.82, 2.24) is 9.62 Å². The highest BCUT2D eigenvalue weighted by Crippen LogP contribution is 2.18. The fourth-order valence-electron chi connectivity index (χ4n) is 2.01. The van der Waals surface area contributed by atoms with Gasteiger partial charge in [-0.3, -0.25) is 0 Å². The lowest BCUT2D eigenvalue weighted by Crippen LogP contribution is -2.29. The highest BCUT2D eigenvalue weighted by atomic mass is 32.2. The Morgan fingerprint density at radius 2 is 1.81 bits per heavy atom. The van der Waals surface area contributed by atoms with E-state index < -0.39 is 10.0 Å². The summed E-state index contributed by atoms with van der Waals surface area (Å²) >= 11 is 0. The maximum Gasteiger partial charge on any atom is 0.242 e. The molecular formula is C15H26N2O3S. The van der Waals surface area contributed by atoms with E-state index >= 15 is 0 Å². The summed E-state index contributed by atoms with van der Waals surface area (Å²) in [5, 5.41) is 13.0. The number of benzene rings is 1. The van der Waals surface area contributed by atoms with E-state index in [0.717, 1.165) is 18.4 Å². The van der Waals surface area contributed by atoms with Crippen molar-refractivity contribution in [3.63, 3.8) is 0 Å². The maximum absolute atomic E-state index is 12.0. The van der Waals surface area contributed by atoms with Crippen LogP contribution in [0, 0.1) is 0 Å². The second kappa shape index (κ2) is 7.89. The van der Waals surface area contributed by atoms with Gasteiger partial charge in [-0.25, -0.2) is 12.7 Å². The number of nitrogens with one attached hydrogen (secondary N) is 1. The third-order valence-electron chi connectivity index (χ3n) is 3.44. The normalized spacial score (nSPS) is 15.1. The average Bonchev–Trinajstić information content (AvgIpc) is 2.45. The minimum Gasteiger partial charge on any atom is -0.392 e. The monoisotopic (exact) mass is 314 g/mol. The Bertz CT molecular complexity index is 526. The lowest BCUT2D eigenvalue weighted by Gasteiger charge is -2.18. The molecule has 0 aromatic heterocycles. The van der Waals surface area contributed by atoms with Gasteiger partial charge in [-0.1, -0.05) is 25.5 Å². The van der Waals surface area contributed by atoms with Crippen molar-refractivity contribution in [2.24, 2.45) is 0 Å². The average molecular weight is 314 g/mol. The standard InChI is InChI=1S/C15H26N2O3S/c1-5-6-14(18)11-16-12(2)13-7-9-15(10-8-13)21(19,20)17(3)4/h7-10,12,14,16,18H,5-6,11H2,1-4H3. The lowest BCUT2D eigenvalue weighted by atomic mass is 10.1. The van der Waals surface area contributed by atoms with Gasteiger partial charge in [0.05, 0.1) is 11.0 Å². The van der Waals surface area contributed by atoms with Crippen LogP contribution in [0.1, 0.15) is 38.3 Å². The first kappa shape index (κ1) is 18.1. The Balaban J connectivity index is 2.70. The van der Waals surface area contributed by atoms with Gasteiger partial charge in [0.1, 0.15) is 0 Å². The van der Waals surface area contributed by atoms with Gasteiger partial charge >= 0.3 is 0 Å². The summed E-state index contributed by atoms with van der Waals surface area (Å²) in [5.74, 6) is 0. The summed E-state index contributed by atoms with van der Waals surface area (Å²) < 4.78 is 25.2. The van der Waals surface area contributed by atoms with E-state index in [1.807, 2.05) is 13.8 Å². The molecular weight excluding hydrogens is 288 g/mol. The van der Waals surface area contributed by atoms with Crippen LogP contribution in [0.15, 0.2) is 29.2 Å². The summed E-state index contributed by atoms with van der Waals surface area (Å²) in [5.41, 5.74) is 0.997. The highest BCUT2D eigenvalue weighted by Gasteiger charge is 2.17. The van der Waals surface area contributed by atoms with E-state index in [4.69, 9.17) is 0 Å². The molecule has 2 unspecified atom stereocenters. The van der Waals surface area contributed by atoms with Gasteiger partial charge in [0.15, 0.2) is 0 Å². The SMILES string of the molecule is CCCC(O)CNC(C)c1ccc(S(=O)(=O)N(C)C)cc1. The molecule has 0 radical (unpaired) electrons. The minimum absolute atomic E-state index is 0.0626. The molecule has 1 rings (SSSR count). The molecule has 2 atom stereocenters. The Morgan fingerprint density at radius 3 is 2.29 bits per heavy atom. The molecule has 0 heterocycles. The summed E-state index contributed by atoms with van der Waals surface area (Å²) in [7, 11) is -0.347. The topological polar surface area (TPSA) is 69.6 Å². The van der Waals surface area contributed by atoms with E-state index in [9.17, 15) is 13.5 Å². The lowest BCUT2D eigenvalue weighted by molar-refractivity contribution is 0.157. The molecule has 0 aliphatic carbocycles. The Morgan fingerprint density at radius 1 is 1.24 bits per heavy atom. The Hall–Kier alpha value is -0.950. The van der Waals surface area contributed by atoms with E-state index in [2.05, 4.69) is 5.32 Å². The molecule has 0 spiro atoms. The zero-order chi connectivity index (χ0) is 16.0. The van der Waals surface area contributed by atoms with Crippen LogP contribution in [0.4, 0.5) is 0 Å². The van der Waals surface area contributed by atoms with Crippen LogP contribution < -0.4 is 5.32 Å². The van der Waals surface area contributed by atoms with Crippen LogP contribution in [0.25, 0.3) is 0 Å². The summed E-state index contributed by atoms with van der Waals surface area (Å²) in [6, 6.07) is 6.91. The van der Waals surface area contributed by atoms with Crippen LogP contribution in [-0.4, -0.2) is 44.6 Å². The highest BCUT2D eigenvalue weighted by molar-refractivity contribution is 7.89. The molecule has 5 nitrogen and oxygen atoms in total. The number of hydrogen-bond donors (Lipinski definition) is 2. The maximum atomic E-state index is 12.0. The molecule has 1 aromatic rings. The number of hydrogen-bond acceptors (Lipinski definition) is 4. The van der Waals surface area contributed by atoms with Gasteiger partial charge in [0, 0.05) is 26.7 Å². The number of aliphatic hydroxyl groups is 1. The van der Waals surface area contributed by atoms with Crippen molar-refractivity contribution in [2.75, 3.05) is 20.6 Å². The van der Waals surface area contributed by atoms with Crippen molar-refractivity contribution in [3.05, 3.63) is 29.8 Å². The van der Waals surface area contributed by atoms with Gasteiger partial charge in [0.2, 0.25) is 10.0 Å². The van der Waals surface area contributed by atoms with Crippen molar-refractivity contribution in [3.8, 4) is 0 Å².